The minimum Gasteiger partial charge on any atom is -0.507 e. The van der Waals surface area contributed by atoms with Crippen LogP contribution in [0.2, 0.25) is 0 Å². The number of phenolic OH excluding ortho intramolecular Hbond substituents is 1. The fourth-order valence-electron chi connectivity index (χ4n) is 3.12. The van der Waals surface area contributed by atoms with E-state index in [1.807, 2.05) is 26.0 Å². The Hall–Kier alpha value is -3.03. The average molecular weight is 424 g/mol. The summed E-state index contributed by atoms with van der Waals surface area (Å²) < 4.78 is 11.0. The third-order valence-electron chi connectivity index (χ3n) is 4.80. The lowest BCUT2D eigenvalue weighted by atomic mass is 10.1. The highest BCUT2D eigenvalue weighted by molar-refractivity contribution is 5.68. The Kier molecular flexibility index (Phi) is 7.92. The fraction of sp³-hybridized carbons (Fsp3) is 0.375. The second kappa shape index (κ2) is 10.8. The van der Waals surface area contributed by atoms with Gasteiger partial charge in [0.15, 0.2) is 11.6 Å². The molecule has 1 atom stereocenters. The zero-order chi connectivity index (χ0) is 22.2. The van der Waals surface area contributed by atoms with E-state index in [2.05, 4.69) is 27.9 Å². The quantitative estimate of drug-likeness (QED) is 0.474. The number of hydrogen-bond donors (Lipinski definition) is 2. The van der Waals surface area contributed by atoms with Gasteiger partial charge in [-0.1, -0.05) is 37.1 Å². The number of aromatic hydroxyl groups is 1. The van der Waals surface area contributed by atoms with E-state index in [-0.39, 0.29) is 19.0 Å². The molecule has 0 fully saturated rings. The van der Waals surface area contributed by atoms with Gasteiger partial charge in [-0.15, -0.1) is 0 Å². The highest BCUT2D eigenvalue weighted by Gasteiger charge is 2.13. The Bertz CT molecular complexity index is 1010. The maximum absolute atomic E-state index is 10.5. The molecule has 0 aliphatic heterocycles. The molecule has 0 aliphatic carbocycles. The van der Waals surface area contributed by atoms with Crippen molar-refractivity contribution in [2.24, 2.45) is 0 Å². The van der Waals surface area contributed by atoms with E-state index in [1.54, 1.807) is 12.1 Å². The molecule has 164 valence electrons. The van der Waals surface area contributed by atoms with E-state index in [4.69, 9.17) is 9.47 Å². The van der Waals surface area contributed by atoms with Crippen molar-refractivity contribution >= 4 is 0 Å². The van der Waals surface area contributed by atoms with E-state index in [9.17, 15) is 10.2 Å². The molecule has 7 heteroatoms. The molecule has 0 aliphatic rings. The zero-order valence-electron chi connectivity index (χ0n) is 18.2. The molecule has 0 radical (unpaired) electrons. The summed E-state index contributed by atoms with van der Waals surface area (Å²) in [5.74, 6) is 1.35. The number of unbranched alkanes of at least 4 members (excludes halogenated alkanes) is 1. The first-order valence-electron chi connectivity index (χ1n) is 10.5. The summed E-state index contributed by atoms with van der Waals surface area (Å²) in [6.07, 6.45) is 2.72. The second-order valence-corrected chi connectivity index (χ2v) is 7.52. The van der Waals surface area contributed by atoms with Gasteiger partial charge in [0.2, 0.25) is 0 Å². The van der Waals surface area contributed by atoms with E-state index in [0.29, 0.717) is 29.6 Å². The molecule has 0 saturated heterocycles. The smallest absolute Gasteiger partial charge is 0.167 e. The zero-order valence-corrected chi connectivity index (χ0v) is 18.2. The van der Waals surface area contributed by atoms with Crippen LogP contribution in [0.5, 0.6) is 11.5 Å². The predicted molar refractivity (Wildman–Crippen MR) is 119 cm³/mol. The summed E-state index contributed by atoms with van der Waals surface area (Å²) in [4.78, 5) is 13.0. The van der Waals surface area contributed by atoms with Crippen molar-refractivity contribution in [1.82, 2.24) is 15.0 Å². The van der Waals surface area contributed by atoms with Gasteiger partial charge in [0, 0.05) is 18.2 Å². The summed E-state index contributed by atoms with van der Waals surface area (Å²) in [5, 5.41) is 20.4. The average Bonchev–Trinajstić information content (AvgIpc) is 2.75. The molecule has 1 aromatic heterocycles. The number of aromatic nitrogens is 3. The lowest BCUT2D eigenvalue weighted by Gasteiger charge is -2.13. The summed E-state index contributed by atoms with van der Waals surface area (Å²) in [7, 11) is 0. The molecule has 7 nitrogen and oxygen atoms in total. The van der Waals surface area contributed by atoms with Gasteiger partial charge in [0.25, 0.3) is 0 Å². The highest BCUT2D eigenvalue weighted by Crippen LogP contribution is 2.31. The SMILES string of the molecule is CCCCOCC(O)COc1ccc(-c2ncnc(-c3ccc(C)cc3C)n2)c(O)c1. The molecule has 0 bridgehead atoms. The fourth-order valence-corrected chi connectivity index (χ4v) is 3.12. The topological polar surface area (TPSA) is 97.6 Å². The van der Waals surface area contributed by atoms with E-state index in [1.165, 1.54) is 18.0 Å². The van der Waals surface area contributed by atoms with Gasteiger partial charge in [-0.2, -0.15) is 0 Å². The summed E-state index contributed by atoms with van der Waals surface area (Å²) >= 11 is 0. The van der Waals surface area contributed by atoms with Gasteiger partial charge in [-0.05, 0) is 38.0 Å². The molecule has 3 aromatic rings. The Balaban J connectivity index is 1.69. The van der Waals surface area contributed by atoms with Crippen LogP contribution in [-0.2, 0) is 4.74 Å². The van der Waals surface area contributed by atoms with Crippen molar-refractivity contribution in [3.63, 3.8) is 0 Å². The lowest BCUT2D eigenvalue weighted by Crippen LogP contribution is -2.23. The maximum Gasteiger partial charge on any atom is 0.167 e. The summed E-state index contributed by atoms with van der Waals surface area (Å²) in [6.45, 7) is 7.05. The minimum atomic E-state index is -0.734. The van der Waals surface area contributed by atoms with Gasteiger partial charge in [-0.25, -0.2) is 15.0 Å². The number of nitrogens with zero attached hydrogens (tertiary/aromatic N) is 3. The predicted octanol–water partition coefficient (Wildman–Crippen LogP) is 4.08. The number of benzene rings is 2. The molecule has 0 saturated carbocycles. The van der Waals surface area contributed by atoms with E-state index >= 15 is 0 Å². The van der Waals surface area contributed by atoms with Crippen LogP contribution in [0, 0.1) is 13.8 Å². The number of aliphatic hydroxyl groups excluding tert-OH is 1. The standard InChI is InChI=1S/C24H29N3O4/c1-4-5-10-30-13-18(28)14-31-19-7-9-21(22(29)12-19)24-26-15-25-23(27-24)20-8-6-16(2)11-17(20)3/h6-9,11-12,15,18,28-29H,4-5,10,13-14H2,1-3H3. The van der Waals surface area contributed by atoms with Crippen LogP contribution in [0.3, 0.4) is 0 Å². The van der Waals surface area contributed by atoms with E-state index in [0.717, 1.165) is 24.0 Å². The molecular formula is C24H29N3O4. The number of hydrogen-bond acceptors (Lipinski definition) is 7. The largest absolute Gasteiger partial charge is 0.507 e. The Morgan fingerprint density at radius 1 is 0.968 bits per heavy atom. The van der Waals surface area contributed by atoms with Crippen LogP contribution in [0.15, 0.2) is 42.7 Å². The maximum atomic E-state index is 10.5. The number of aryl methyl sites for hydroxylation is 2. The molecule has 1 unspecified atom stereocenters. The molecule has 2 aromatic carbocycles. The van der Waals surface area contributed by atoms with Crippen molar-refractivity contribution < 1.29 is 19.7 Å². The van der Waals surface area contributed by atoms with Gasteiger partial charge in [-0.3, -0.25) is 0 Å². The van der Waals surface area contributed by atoms with Crippen LogP contribution in [0.1, 0.15) is 30.9 Å². The number of phenols is 1. The Morgan fingerprint density at radius 2 is 1.71 bits per heavy atom. The molecule has 3 rings (SSSR count). The van der Waals surface area contributed by atoms with E-state index < -0.39 is 6.10 Å². The van der Waals surface area contributed by atoms with Crippen molar-refractivity contribution in [2.45, 2.75) is 39.7 Å². The first kappa shape index (κ1) is 22.7. The van der Waals surface area contributed by atoms with Crippen LogP contribution in [0.4, 0.5) is 0 Å². The third-order valence-corrected chi connectivity index (χ3v) is 4.80. The molecule has 0 amide bonds. The van der Waals surface area contributed by atoms with Gasteiger partial charge in [0.05, 0.1) is 12.2 Å². The van der Waals surface area contributed by atoms with Crippen molar-refractivity contribution in [1.29, 1.82) is 0 Å². The molecule has 31 heavy (non-hydrogen) atoms. The molecule has 2 N–H and O–H groups in total. The molecule has 0 spiro atoms. The van der Waals surface area contributed by atoms with Crippen LogP contribution in [0.25, 0.3) is 22.8 Å². The van der Waals surface area contributed by atoms with Gasteiger partial charge >= 0.3 is 0 Å². The van der Waals surface area contributed by atoms with Gasteiger partial charge in [0.1, 0.15) is 30.5 Å². The van der Waals surface area contributed by atoms with Crippen molar-refractivity contribution in [3.8, 4) is 34.3 Å². The minimum absolute atomic E-state index is 0.0102. The van der Waals surface area contributed by atoms with Crippen LogP contribution >= 0.6 is 0 Å². The van der Waals surface area contributed by atoms with Crippen molar-refractivity contribution in [3.05, 3.63) is 53.9 Å². The number of rotatable bonds is 10. The summed E-state index contributed by atoms with van der Waals surface area (Å²) in [6, 6.07) is 11.0. The highest BCUT2D eigenvalue weighted by atomic mass is 16.5. The lowest BCUT2D eigenvalue weighted by molar-refractivity contribution is 0.0113. The molecule has 1 heterocycles. The summed E-state index contributed by atoms with van der Waals surface area (Å²) in [5.41, 5.74) is 3.64. The second-order valence-electron chi connectivity index (χ2n) is 7.52. The third kappa shape index (κ3) is 6.23. The number of aliphatic hydroxyl groups is 1. The van der Waals surface area contributed by atoms with Crippen LogP contribution < -0.4 is 4.74 Å². The van der Waals surface area contributed by atoms with Gasteiger partial charge < -0.3 is 19.7 Å². The normalized spacial score (nSPS) is 12.0. The first-order valence-corrected chi connectivity index (χ1v) is 10.5. The monoisotopic (exact) mass is 423 g/mol. The first-order chi connectivity index (χ1) is 15.0. The number of ether oxygens (including phenoxy) is 2. The van der Waals surface area contributed by atoms with Crippen molar-refractivity contribution in [2.75, 3.05) is 19.8 Å². The van der Waals surface area contributed by atoms with Crippen LogP contribution in [-0.4, -0.2) is 51.1 Å². The Labute approximate surface area is 182 Å². The Morgan fingerprint density at radius 3 is 2.42 bits per heavy atom. The molecular weight excluding hydrogens is 394 g/mol.